The van der Waals surface area contributed by atoms with Gasteiger partial charge in [0.05, 0.1) is 0 Å². The van der Waals surface area contributed by atoms with Crippen molar-refractivity contribution in [2.75, 3.05) is 18.4 Å². The molecule has 0 unspecified atom stereocenters. The molecule has 0 spiro atoms. The summed E-state index contributed by atoms with van der Waals surface area (Å²) in [7, 11) is 0. The highest BCUT2D eigenvalue weighted by Crippen LogP contribution is 2.31. The van der Waals surface area contributed by atoms with Crippen LogP contribution < -0.4 is 11.1 Å². The summed E-state index contributed by atoms with van der Waals surface area (Å²) in [5.74, 6) is 1.81. The Hall–Kier alpha value is -2.79. The molecule has 0 saturated carbocycles. The standard InChI is InChI=1S/C16H18N4O3/c17-16(23)11-1-2-12-8-20(15(9-21)18-14(12)7-11)13-3-5-19(10-22)6-4-13/h1-2,7,10,13,18H,3-6,8H2,(H2,17,23). The summed E-state index contributed by atoms with van der Waals surface area (Å²) in [5, 5.41) is 3.04. The summed E-state index contributed by atoms with van der Waals surface area (Å²) < 4.78 is 0. The zero-order chi connectivity index (χ0) is 16.4. The van der Waals surface area contributed by atoms with E-state index in [-0.39, 0.29) is 6.04 Å². The molecule has 23 heavy (non-hydrogen) atoms. The number of hydrogen-bond donors (Lipinski definition) is 2. The van der Waals surface area contributed by atoms with Crippen LogP contribution in [0.1, 0.15) is 28.8 Å². The van der Waals surface area contributed by atoms with Crippen LogP contribution >= 0.6 is 0 Å². The number of fused-ring (bicyclic) bond motifs is 1. The largest absolute Gasteiger partial charge is 0.366 e. The van der Waals surface area contributed by atoms with Crippen LogP contribution in [0.4, 0.5) is 5.69 Å². The molecule has 0 aliphatic carbocycles. The molecule has 1 saturated heterocycles. The van der Waals surface area contributed by atoms with E-state index >= 15 is 0 Å². The van der Waals surface area contributed by atoms with Gasteiger partial charge in [-0.3, -0.25) is 9.59 Å². The maximum atomic E-state index is 11.3. The molecule has 2 aliphatic heterocycles. The maximum Gasteiger partial charge on any atom is 0.248 e. The summed E-state index contributed by atoms with van der Waals surface area (Å²) in [5.41, 5.74) is 7.39. The van der Waals surface area contributed by atoms with Crippen LogP contribution in [0.3, 0.4) is 0 Å². The Bertz CT molecular complexity index is 689. The Kier molecular flexibility index (Phi) is 4.04. The summed E-state index contributed by atoms with van der Waals surface area (Å²) >= 11 is 0. The van der Waals surface area contributed by atoms with E-state index in [1.807, 2.05) is 16.9 Å². The number of anilines is 1. The van der Waals surface area contributed by atoms with Crippen molar-refractivity contribution in [3.8, 4) is 0 Å². The van der Waals surface area contributed by atoms with Crippen molar-refractivity contribution in [3.05, 3.63) is 35.1 Å². The number of benzene rings is 1. The van der Waals surface area contributed by atoms with Gasteiger partial charge in [-0.15, -0.1) is 0 Å². The number of primary amides is 1. The Labute approximate surface area is 133 Å². The fourth-order valence-corrected chi connectivity index (χ4v) is 3.14. The Morgan fingerprint density at radius 1 is 1.35 bits per heavy atom. The Balaban J connectivity index is 1.83. The highest BCUT2D eigenvalue weighted by molar-refractivity contribution is 5.94. The predicted octanol–water partition coefficient (Wildman–Crippen LogP) is 0.307. The molecule has 1 fully saturated rings. The van der Waals surface area contributed by atoms with Crippen LogP contribution in [-0.2, 0) is 16.1 Å². The van der Waals surface area contributed by atoms with Gasteiger partial charge in [0.15, 0.2) is 11.8 Å². The molecule has 0 aromatic heterocycles. The topological polar surface area (TPSA) is 95.7 Å². The number of carbonyl (C=O) groups is 2. The SMILES string of the molecule is NC(=O)c1ccc2c(c1)NC(=C=O)N(C1CCN(C=O)CC1)C2. The van der Waals surface area contributed by atoms with Crippen LogP contribution in [-0.4, -0.2) is 47.2 Å². The minimum Gasteiger partial charge on any atom is -0.366 e. The number of hydrogen-bond acceptors (Lipinski definition) is 5. The van der Waals surface area contributed by atoms with Gasteiger partial charge in [0.1, 0.15) is 0 Å². The third-order valence-electron chi connectivity index (χ3n) is 4.46. The molecular weight excluding hydrogens is 296 g/mol. The minimum absolute atomic E-state index is 0.180. The first-order valence-electron chi connectivity index (χ1n) is 7.53. The van der Waals surface area contributed by atoms with Crippen LogP contribution in [0.2, 0.25) is 0 Å². The predicted molar refractivity (Wildman–Crippen MR) is 84.0 cm³/mol. The van der Waals surface area contributed by atoms with Gasteiger partial charge in [0.25, 0.3) is 0 Å². The summed E-state index contributed by atoms with van der Waals surface area (Å²) in [6.45, 7) is 1.94. The van der Waals surface area contributed by atoms with E-state index < -0.39 is 5.91 Å². The quantitative estimate of drug-likeness (QED) is 0.618. The lowest BCUT2D eigenvalue weighted by Crippen LogP contribution is -2.46. The Morgan fingerprint density at radius 3 is 2.70 bits per heavy atom. The van der Waals surface area contributed by atoms with Gasteiger partial charge in [-0.1, -0.05) is 6.07 Å². The van der Waals surface area contributed by atoms with Crippen molar-refractivity contribution in [3.63, 3.8) is 0 Å². The number of likely N-dealkylation sites (tertiary alicyclic amines) is 1. The van der Waals surface area contributed by atoms with Crippen molar-refractivity contribution < 1.29 is 14.4 Å². The number of piperidine rings is 1. The average molecular weight is 314 g/mol. The third-order valence-corrected chi connectivity index (χ3v) is 4.46. The van der Waals surface area contributed by atoms with Crippen molar-refractivity contribution in [2.45, 2.75) is 25.4 Å². The molecule has 1 aromatic carbocycles. The number of nitrogens with one attached hydrogen (secondary N) is 1. The fourth-order valence-electron chi connectivity index (χ4n) is 3.14. The summed E-state index contributed by atoms with van der Waals surface area (Å²) in [4.78, 5) is 37.2. The van der Waals surface area contributed by atoms with E-state index in [1.165, 1.54) is 0 Å². The molecule has 7 nitrogen and oxygen atoms in total. The van der Waals surface area contributed by atoms with Crippen molar-refractivity contribution in [2.24, 2.45) is 5.73 Å². The number of nitrogens with zero attached hydrogens (tertiary/aromatic N) is 2. The number of amides is 2. The van der Waals surface area contributed by atoms with E-state index in [1.54, 1.807) is 17.0 Å². The normalized spacial score (nSPS) is 18.0. The van der Waals surface area contributed by atoms with Gasteiger partial charge in [0, 0.05) is 36.9 Å². The maximum absolute atomic E-state index is 11.3. The summed E-state index contributed by atoms with van der Waals surface area (Å²) in [6, 6.07) is 5.36. The van der Waals surface area contributed by atoms with Crippen LogP contribution in [0.25, 0.3) is 0 Å². The van der Waals surface area contributed by atoms with Gasteiger partial charge in [0.2, 0.25) is 12.3 Å². The van der Waals surface area contributed by atoms with E-state index in [2.05, 4.69) is 5.32 Å². The smallest absolute Gasteiger partial charge is 0.248 e. The average Bonchev–Trinajstić information content (AvgIpc) is 2.60. The highest BCUT2D eigenvalue weighted by atomic mass is 16.1. The first-order chi connectivity index (χ1) is 11.1. The zero-order valence-electron chi connectivity index (χ0n) is 12.6. The molecule has 0 atom stereocenters. The second kappa shape index (κ2) is 6.14. The molecule has 3 rings (SSSR count). The van der Waals surface area contributed by atoms with Crippen molar-refractivity contribution >= 4 is 23.9 Å². The second-order valence-electron chi connectivity index (χ2n) is 5.81. The molecule has 7 heteroatoms. The molecule has 1 aromatic rings. The lowest BCUT2D eigenvalue weighted by molar-refractivity contribution is -0.119. The van der Waals surface area contributed by atoms with Gasteiger partial charge in [-0.05, 0) is 30.5 Å². The first-order valence-corrected chi connectivity index (χ1v) is 7.53. The molecule has 3 N–H and O–H groups in total. The number of carbonyl (C=O) groups excluding carboxylic acids is 3. The second-order valence-corrected chi connectivity index (χ2v) is 5.81. The molecule has 2 heterocycles. The van der Waals surface area contributed by atoms with Gasteiger partial charge in [-0.25, -0.2) is 4.79 Å². The van der Waals surface area contributed by atoms with Crippen LogP contribution in [0.5, 0.6) is 0 Å². The first kappa shape index (κ1) is 15.1. The molecule has 2 aliphatic rings. The molecule has 0 bridgehead atoms. The minimum atomic E-state index is -0.505. The number of rotatable bonds is 3. The molecule has 2 amide bonds. The van der Waals surface area contributed by atoms with Crippen LogP contribution in [0, 0.1) is 0 Å². The highest BCUT2D eigenvalue weighted by Gasteiger charge is 2.30. The van der Waals surface area contributed by atoms with Gasteiger partial charge >= 0.3 is 0 Å². The van der Waals surface area contributed by atoms with E-state index in [9.17, 15) is 14.4 Å². The van der Waals surface area contributed by atoms with Crippen LogP contribution in [0.15, 0.2) is 24.0 Å². The van der Waals surface area contributed by atoms with Gasteiger partial charge < -0.3 is 20.9 Å². The molecule has 0 radical (unpaired) electrons. The van der Waals surface area contributed by atoms with E-state index in [0.717, 1.165) is 24.8 Å². The zero-order valence-corrected chi connectivity index (χ0v) is 12.6. The van der Waals surface area contributed by atoms with E-state index in [4.69, 9.17) is 5.73 Å². The Morgan fingerprint density at radius 2 is 2.09 bits per heavy atom. The number of nitrogens with two attached hydrogens (primary N) is 1. The molecule has 120 valence electrons. The lowest BCUT2D eigenvalue weighted by atomic mass is 10.00. The molecular formula is C16H18N4O3. The third kappa shape index (κ3) is 2.91. The lowest BCUT2D eigenvalue weighted by Gasteiger charge is -2.41. The monoisotopic (exact) mass is 314 g/mol. The van der Waals surface area contributed by atoms with Crippen molar-refractivity contribution in [1.29, 1.82) is 0 Å². The van der Waals surface area contributed by atoms with Gasteiger partial charge in [-0.2, -0.15) is 0 Å². The van der Waals surface area contributed by atoms with E-state index in [0.29, 0.717) is 36.7 Å². The summed E-state index contributed by atoms with van der Waals surface area (Å²) in [6.07, 6.45) is 2.47. The fraction of sp³-hybridized carbons (Fsp3) is 0.375. The van der Waals surface area contributed by atoms with Crippen molar-refractivity contribution in [1.82, 2.24) is 9.80 Å².